The molecule has 0 atom stereocenters. The first-order valence-corrected chi connectivity index (χ1v) is 6.71. The van der Waals surface area contributed by atoms with E-state index in [-0.39, 0.29) is 0 Å². The number of nitrogens with zero attached hydrogens (tertiary/aromatic N) is 1. The minimum atomic E-state index is 0.408. The van der Waals surface area contributed by atoms with E-state index in [4.69, 9.17) is 15.2 Å². The van der Waals surface area contributed by atoms with Gasteiger partial charge in [-0.1, -0.05) is 19.1 Å². The number of ether oxygens (including phenoxy) is 2. The van der Waals surface area contributed by atoms with Crippen molar-refractivity contribution in [2.45, 2.75) is 26.5 Å². The van der Waals surface area contributed by atoms with Crippen LogP contribution in [0, 0.1) is 0 Å². The highest BCUT2D eigenvalue weighted by atomic mass is 16.5. The fourth-order valence-corrected chi connectivity index (χ4v) is 1.99. The van der Waals surface area contributed by atoms with Gasteiger partial charge in [0.1, 0.15) is 6.61 Å². The van der Waals surface area contributed by atoms with Gasteiger partial charge >= 0.3 is 0 Å². The minimum absolute atomic E-state index is 0.408. The van der Waals surface area contributed by atoms with E-state index in [1.54, 1.807) is 13.3 Å². The van der Waals surface area contributed by atoms with Gasteiger partial charge < -0.3 is 15.2 Å². The maximum Gasteiger partial charge on any atom is 0.161 e. The zero-order valence-corrected chi connectivity index (χ0v) is 11.9. The van der Waals surface area contributed by atoms with Gasteiger partial charge in [-0.2, -0.15) is 0 Å². The average Bonchev–Trinajstić information content (AvgIpc) is 2.52. The summed E-state index contributed by atoms with van der Waals surface area (Å²) in [5.41, 5.74) is 8.75. The molecule has 0 aliphatic carbocycles. The van der Waals surface area contributed by atoms with Gasteiger partial charge in [-0.15, -0.1) is 0 Å². The van der Waals surface area contributed by atoms with Gasteiger partial charge in [-0.25, -0.2) is 0 Å². The number of pyridine rings is 1. The number of aryl methyl sites for hydroxylation is 1. The summed E-state index contributed by atoms with van der Waals surface area (Å²) in [5.74, 6) is 1.49. The fraction of sp³-hybridized carbons (Fsp3) is 0.312. The second kappa shape index (κ2) is 6.91. The summed E-state index contributed by atoms with van der Waals surface area (Å²) in [6.07, 6.45) is 2.71. The summed E-state index contributed by atoms with van der Waals surface area (Å²) >= 11 is 0. The Labute approximate surface area is 119 Å². The molecule has 0 radical (unpaired) electrons. The zero-order chi connectivity index (χ0) is 14.4. The molecule has 0 amide bonds. The van der Waals surface area contributed by atoms with Crippen molar-refractivity contribution >= 4 is 0 Å². The van der Waals surface area contributed by atoms with E-state index in [2.05, 4.69) is 11.9 Å². The first-order valence-electron chi connectivity index (χ1n) is 6.71. The third-order valence-electron chi connectivity index (χ3n) is 3.20. The highest BCUT2D eigenvalue weighted by molar-refractivity contribution is 5.43. The molecule has 1 aromatic heterocycles. The summed E-state index contributed by atoms with van der Waals surface area (Å²) in [6.45, 7) is 2.95. The third kappa shape index (κ3) is 3.27. The molecule has 1 aromatic carbocycles. The Morgan fingerprint density at radius 3 is 2.75 bits per heavy atom. The lowest BCUT2D eigenvalue weighted by molar-refractivity contribution is 0.283. The smallest absolute Gasteiger partial charge is 0.161 e. The average molecular weight is 272 g/mol. The maximum absolute atomic E-state index is 5.84. The minimum Gasteiger partial charge on any atom is -0.493 e. The SMILES string of the molecule is CCc1ccc(OCc2cccnc2CN)c(OC)c1. The number of methoxy groups -OCH3 is 1. The fourth-order valence-electron chi connectivity index (χ4n) is 1.99. The molecule has 0 spiro atoms. The van der Waals surface area contributed by atoms with Crippen LogP contribution in [0.4, 0.5) is 0 Å². The molecule has 1 heterocycles. The Morgan fingerprint density at radius 2 is 2.05 bits per heavy atom. The Bertz CT molecular complexity index is 570. The van der Waals surface area contributed by atoms with Crippen LogP contribution in [0.5, 0.6) is 11.5 Å². The van der Waals surface area contributed by atoms with E-state index >= 15 is 0 Å². The Morgan fingerprint density at radius 1 is 1.20 bits per heavy atom. The lowest BCUT2D eigenvalue weighted by Crippen LogP contribution is -2.07. The molecule has 4 heteroatoms. The second-order valence-corrected chi connectivity index (χ2v) is 4.44. The Kier molecular flexibility index (Phi) is 4.96. The van der Waals surface area contributed by atoms with E-state index in [0.717, 1.165) is 29.2 Å². The van der Waals surface area contributed by atoms with Crippen molar-refractivity contribution in [3.63, 3.8) is 0 Å². The largest absolute Gasteiger partial charge is 0.493 e. The summed E-state index contributed by atoms with van der Waals surface area (Å²) in [5, 5.41) is 0. The molecule has 0 aliphatic rings. The molecule has 20 heavy (non-hydrogen) atoms. The molecule has 2 N–H and O–H groups in total. The van der Waals surface area contributed by atoms with Crippen molar-refractivity contribution in [3.05, 3.63) is 53.3 Å². The lowest BCUT2D eigenvalue weighted by Gasteiger charge is -2.13. The van der Waals surface area contributed by atoms with Crippen molar-refractivity contribution in [2.75, 3.05) is 7.11 Å². The number of nitrogens with two attached hydrogens (primary N) is 1. The van der Waals surface area contributed by atoms with Crippen molar-refractivity contribution in [2.24, 2.45) is 5.73 Å². The van der Waals surface area contributed by atoms with Crippen LogP contribution >= 0.6 is 0 Å². The van der Waals surface area contributed by atoms with Gasteiger partial charge in [0.15, 0.2) is 11.5 Å². The molecule has 0 saturated heterocycles. The van der Waals surface area contributed by atoms with Gasteiger partial charge in [0, 0.05) is 18.3 Å². The van der Waals surface area contributed by atoms with Crippen molar-refractivity contribution in [1.29, 1.82) is 0 Å². The Hall–Kier alpha value is -2.07. The van der Waals surface area contributed by atoms with Crippen molar-refractivity contribution in [1.82, 2.24) is 4.98 Å². The van der Waals surface area contributed by atoms with E-state index < -0.39 is 0 Å². The first-order chi connectivity index (χ1) is 9.78. The third-order valence-corrected chi connectivity index (χ3v) is 3.20. The van der Waals surface area contributed by atoms with E-state index in [0.29, 0.717) is 13.2 Å². The normalized spacial score (nSPS) is 10.3. The van der Waals surface area contributed by atoms with E-state index in [1.165, 1.54) is 5.56 Å². The van der Waals surface area contributed by atoms with Crippen LogP contribution in [-0.2, 0) is 19.6 Å². The highest BCUT2D eigenvalue weighted by Crippen LogP contribution is 2.29. The van der Waals surface area contributed by atoms with Gasteiger partial charge in [-0.3, -0.25) is 4.98 Å². The van der Waals surface area contributed by atoms with Crippen LogP contribution in [0.1, 0.15) is 23.7 Å². The molecule has 0 fully saturated rings. The van der Waals surface area contributed by atoms with Gasteiger partial charge in [0.2, 0.25) is 0 Å². The maximum atomic E-state index is 5.84. The van der Waals surface area contributed by atoms with Gasteiger partial charge in [0.25, 0.3) is 0 Å². The molecule has 0 bridgehead atoms. The van der Waals surface area contributed by atoms with E-state index in [9.17, 15) is 0 Å². The number of hydrogen-bond donors (Lipinski definition) is 1. The van der Waals surface area contributed by atoms with Crippen molar-refractivity contribution in [3.8, 4) is 11.5 Å². The van der Waals surface area contributed by atoms with Crippen LogP contribution < -0.4 is 15.2 Å². The number of hydrogen-bond acceptors (Lipinski definition) is 4. The first kappa shape index (κ1) is 14.3. The molecule has 4 nitrogen and oxygen atoms in total. The lowest BCUT2D eigenvalue weighted by atomic mass is 10.1. The standard InChI is InChI=1S/C16H20N2O2/c1-3-12-6-7-15(16(9-12)19-2)20-11-13-5-4-8-18-14(13)10-17/h4-9H,3,10-11,17H2,1-2H3. The topological polar surface area (TPSA) is 57.4 Å². The van der Waals surface area contributed by atoms with Crippen LogP contribution in [0.15, 0.2) is 36.5 Å². The number of aromatic nitrogens is 1. The number of benzene rings is 1. The number of rotatable bonds is 6. The molecular formula is C16H20N2O2. The van der Waals surface area contributed by atoms with Gasteiger partial charge in [0.05, 0.1) is 12.8 Å². The van der Waals surface area contributed by atoms with Crippen LogP contribution in [0.3, 0.4) is 0 Å². The molecular weight excluding hydrogens is 252 g/mol. The molecule has 2 rings (SSSR count). The molecule has 0 unspecified atom stereocenters. The summed E-state index contributed by atoms with van der Waals surface area (Å²) < 4.78 is 11.2. The van der Waals surface area contributed by atoms with Crippen molar-refractivity contribution < 1.29 is 9.47 Å². The van der Waals surface area contributed by atoms with Crippen LogP contribution in [0.2, 0.25) is 0 Å². The predicted octanol–water partition coefficient (Wildman–Crippen LogP) is 2.69. The monoisotopic (exact) mass is 272 g/mol. The Balaban J connectivity index is 2.14. The van der Waals surface area contributed by atoms with Crippen LogP contribution in [0.25, 0.3) is 0 Å². The quantitative estimate of drug-likeness (QED) is 0.878. The second-order valence-electron chi connectivity index (χ2n) is 4.44. The molecule has 2 aromatic rings. The zero-order valence-electron chi connectivity index (χ0n) is 11.9. The molecule has 106 valence electrons. The van der Waals surface area contributed by atoms with Crippen LogP contribution in [-0.4, -0.2) is 12.1 Å². The summed E-state index contributed by atoms with van der Waals surface area (Å²) in [4.78, 5) is 4.24. The highest BCUT2D eigenvalue weighted by Gasteiger charge is 2.07. The molecule has 0 saturated carbocycles. The van der Waals surface area contributed by atoms with E-state index in [1.807, 2.05) is 30.3 Å². The van der Waals surface area contributed by atoms with Gasteiger partial charge in [-0.05, 0) is 30.2 Å². The summed E-state index contributed by atoms with van der Waals surface area (Å²) in [7, 11) is 1.65. The predicted molar refractivity (Wildman–Crippen MR) is 78.8 cm³/mol. The summed E-state index contributed by atoms with van der Waals surface area (Å²) in [6, 6.07) is 9.85. The molecule has 0 aliphatic heterocycles.